The van der Waals surface area contributed by atoms with Crippen LogP contribution < -0.4 is 5.32 Å². The molecule has 0 aliphatic carbocycles. The topological polar surface area (TPSA) is 91.1 Å². The number of rotatable bonds is 5. The molecule has 5 rings (SSSR count). The van der Waals surface area contributed by atoms with E-state index in [-0.39, 0.29) is 5.91 Å². The molecule has 1 aromatic heterocycles. The average Bonchev–Trinajstić information content (AvgIpc) is 2.88. The first kappa shape index (κ1) is 20.9. The second-order valence-electron chi connectivity index (χ2n) is 8.04. The molecule has 1 saturated heterocycles. The summed E-state index contributed by atoms with van der Waals surface area (Å²) in [6.45, 7) is 3.14. The van der Waals surface area contributed by atoms with Gasteiger partial charge in [-0.05, 0) is 53.1 Å². The van der Waals surface area contributed by atoms with Gasteiger partial charge in [-0.3, -0.25) is 4.79 Å². The summed E-state index contributed by atoms with van der Waals surface area (Å²) >= 11 is 0. The molecule has 7 heteroatoms. The van der Waals surface area contributed by atoms with Crippen molar-refractivity contribution < 1.29 is 9.53 Å². The summed E-state index contributed by atoms with van der Waals surface area (Å²) in [5.41, 5.74) is 3.26. The minimum Gasteiger partial charge on any atom is -0.378 e. The van der Waals surface area contributed by atoms with Gasteiger partial charge in [0.2, 0.25) is 0 Å². The lowest BCUT2D eigenvalue weighted by Gasteiger charge is -2.27. The number of nitrogens with zero attached hydrogens (tertiary/aromatic N) is 4. The molecule has 164 valence electrons. The van der Waals surface area contributed by atoms with Gasteiger partial charge in [0, 0.05) is 30.6 Å². The molecular weight excluding hydrogens is 414 g/mol. The average molecular weight is 438 g/mol. The molecule has 3 aromatic carbocycles. The largest absolute Gasteiger partial charge is 0.378 e. The Labute approximate surface area is 191 Å². The molecule has 1 aliphatic rings. The van der Waals surface area contributed by atoms with Gasteiger partial charge in [0.25, 0.3) is 5.91 Å². The first-order valence-electron chi connectivity index (χ1n) is 11.0. The highest BCUT2D eigenvalue weighted by Crippen LogP contribution is 2.22. The summed E-state index contributed by atoms with van der Waals surface area (Å²) in [5, 5.41) is 15.6. The van der Waals surface area contributed by atoms with Gasteiger partial charge < -0.3 is 15.0 Å². The van der Waals surface area contributed by atoms with Gasteiger partial charge in [0.1, 0.15) is 12.1 Å². The lowest BCUT2D eigenvalue weighted by Crippen LogP contribution is -2.40. The first-order chi connectivity index (χ1) is 16.2. The predicted octanol–water partition coefficient (Wildman–Crippen LogP) is 3.78. The molecule has 4 aromatic rings. The van der Waals surface area contributed by atoms with Crippen LogP contribution in [0, 0.1) is 11.3 Å². The number of benzene rings is 3. The van der Waals surface area contributed by atoms with Crippen LogP contribution in [0.1, 0.15) is 21.5 Å². The highest BCUT2D eigenvalue weighted by Gasteiger charge is 2.18. The minimum atomic E-state index is 0.0552. The van der Waals surface area contributed by atoms with Gasteiger partial charge in [-0.25, -0.2) is 9.97 Å². The fourth-order valence-electron chi connectivity index (χ4n) is 4.13. The summed E-state index contributed by atoms with van der Waals surface area (Å²) in [6.07, 6.45) is 2.32. The SMILES string of the molecule is N#Cc1ccc2ncnc(NCCc3ccc4ccc(C(=O)N5CCOCC5)cc4c3)c2c1. The Hall–Kier alpha value is -4.02. The molecule has 0 saturated carbocycles. The number of anilines is 1. The summed E-state index contributed by atoms with van der Waals surface area (Å²) < 4.78 is 5.35. The maximum absolute atomic E-state index is 12.8. The molecule has 0 radical (unpaired) electrons. The van der Waals surface area contributed by atoms with E-state index in [2.05, 4.69) is 39.6 Å². The van der Waals surface area contributed by atoms with Crippen molar-refractivity contribution in [2.24, 2.45) is 0 Å². The van der Waals surface area contributed by atoms with Crippen molar-refractivity contribution in [1.82, 2.24) is 14.9 Å². The molecule has 7 nitrogen and oxygen atoms in total. The lowest BCUT2D eigenvalue weighted by atomic mass is 10.0. The fourth-order valence-corrected chi connectivity index (χ4v) is 4.13. The van der Waals surface area contributed by atoms with E-state index in [4.69, 9.17) is 4.74 Å². The zero-order chi connectivity index (χ0) is 22.6. The smallest absolute Gasteiger partial charge is 0.254 e. The molecule has 0 atom stereocenters. The highest BCUT2D eigenvalue weighted by atomic mass is 16.5. The van der Waals surface area contributed by atoms with E-state index in [9.17, 15) is 10.1 Å². The number of nitrogens with one attached hydrogen (secondary N) is 1. The summed E-state index contributed by atoms with van der Waals surface area (Å²) in [4.78, 5) is 23.3. The van der Waals surface area contributed by atoms with Crippen LogP contribution in [0.5, 0.6) is 0 Å². The number of fused-ring (bicyclic) bond motifs is 2. The van der Waals surface area contributed by atoms with Crippen molar-refractivity contribution >= 4 is 33.4 Å². The van der Waals surface area contributed by atoms with Crippen LogP contribution in [0.3, 0.4) is 0 Å². The molecule has 2 heterocycles. The molecule has 33 heavy (non-hydrogen) atoms. The van der Waals surface area contributed by atoms with E-state index in [1.54, 1.807) is 12.1 Å². The van der Waals surface area contributed by atoms with E-state index < -0.39 is 0 Å². The quantitative estimate of drug-likeness (QED) is 0.511. The molecule has 0 unspecified atom stereocenters. The van der Waals surface area contributed by atoms with Crippen molar-refractivity contribution in [3.05, 3.63) is 77.6 Å². The number of carbonyl (C=O) groups is 1. The number of carbonyl (C=O) groups excluding carboxylic acids is 1. The normalized spacial score (nSPS) is 13.7. The monoisotopic (exact) mass is 437 g/mol. The molecule has 0 spiro atoms. The third-order valence-corrected chi connectivity index (χ3v) is 5.92. The van der Waals surface area contributed by atoms with Crippen molar-refractivity contribution in [3.63, 3.8) is 0 Å². The Bertz CT molecular complexity index is 1370. The zero-order valence-corrected chi connectivity index (χ0v) is 18.1. The van der Waals surface area contributed by atoms with Crippen molar-refractivity contribution in [2.75, 3.05) is 38.2 Å². The van der Waals surface area contributed by atoms with Crippen LogP contribution in [0.2, 0.25) is 0 Å². The van der Waals surface area contributed by atoms with E-state index in [1.165, 1.54) is 11.9 Å². The number of hydrogen-bond acceptors (Lipinski definition) is 6. The van der Waals surface area contributed by atoms with Gasteiger partial charge in [-0.2, -0.15) is 5.26 Å². The Morgan fingerprint density at radius 3 is 2.73 bits per heavy atom. The molecular formula is C26H23N5O2. The summed E-state index contributed by atoms with van der Waals surface area (Å²) in [5.74, 6) is 0.774. The summed E-state index contributed by atoms with van der Waals surface area (Å²) in [7, 11) is 0. The van der Waals surface area contributed by atoms with Crippen molar-refractivity contribution in [2.45, 2.75) is 6.42 Å². The van der Waals surface area contributed by atoms with Gasteiger partial charge >= 0.3 is 0 Å². The Morgan fingerprint density at radius 2 is 1.88 bits per heavy atom. The van der Waals surface area contributed by atoms with E-state index in [0.717, 1.165) is 33.9 Å². The third-order valence-electron chi connectivity index (χ3n) is 5.92. The standard InChI is InChI=1S/C26H23N5O2/c27-16-19-2-6-24-23(14-19)25(30-17-29-24)28-8-7-18-1-3-20-4-5-21(15-22(20)13-18)26(32)31-9-11-33-12-10-31/h1-6,13-15,17H,7-12H2,(H,28,29,30). The Balaban J connectivity index is 1.31. The Morgan fingerprint density at radius 1 is 1.03 bits per heavy atom. The van der Waals surface area contributed by atoms with Crippen molar-refractivity contribution in [1.29, 1.82) is 5.26 Å². The van der Waals surface area contributed by atoms with E-state index in [0.29, 0.717) is 44.0 Å². The first-order valence-corrected chi connectivity index (χ1v) is 11.0. The van der Waals surface area contributed by atoms with E-state index in [1.807, 2.05) is 29.2 Å². The van der Waals surface area contributed by atoms with Crippen LogP contribution in [-0.2, 0) is 11.2 Å². The maximum Gasteiger partial charge on any atom is 0.254 e. The zero-order valence-electron chi connectivity index (χ0n) is 18.1. The summed E-state index contributed by atoms with van der Waals surface area (Å²) in [6, 6.07) is 19.8. The van der Waals surface area contributed by atoms with Crippen molar-refractivity contribution in [3.8, 4) is 6.07 Å². The van der Waals surface area contributed by atoms with E-state index >= 15 is 0 Å². The number of hydrogen-bond donors (Lipinski definition) is 1. The van der Waals surface area contributed by atoms with Gasteiger partial charge in [0.15, 0.2) is 0 Å². The number of nitriles is 1. The fraction of sp³-hybridized carbons (Fsp3) is 0.231. The number of aromatic nitrogens is 2. The van der Waals surface area contributed by atoms with Crippen LogP contribution in [0.4, 0.5) is 5.82 Å². The molecule has 1 fully saturated rings. The third kappa shape index (κ3) is 4.47. The lowest BCUT2D eigenvalue weighted by molar-refractivity contribution is 0.0303. The minimum absolute atomic E-state index is 0.0552. The predicted molar refractivity (Wildman–Crippen MR) is 127 cm³/mol. The molecule has 1 amide bonds. The molecule has 0 bridgehead atoms. The van der Waals surface area contributed by atoms with Gasteiger partial charge in [-0.1, -0.05) is 24.3 Å². The number of amides is 1. The van der Waals surface area contributed by atoms with Crippen LogP contribution in [0.25, 0.3) is 21.7 Å². The molecule has 1 N–H and O–H groups in total. The Kier molecular flexibility index (Phi) is 5.83. The van der Waals surface area contributed by atoms with Crippen LogP contribution >= 0.6 is 0 Å². The second-order valence-corrected chi connectivity index (χ2v) is 8.04. The maximum atomic E-state index is 12.8. The molecule has 1 aliphatic heterocycles. The highest BCUT2D eigenvalue weighted by molar-refractivity contribution is 5.98. The van der Waals surface area contributed by atoms with Gasteiger partial charge in [0.05, 0.1) is 30.4 Å². The second kappa shape index (κ2) is 9.23. The number of morpholine rings is 1. The van der Waals surface area contributed by atoms with Gasteiger partial charge in [-0.15, -0.1) is 0 Å². The van der Waals surface area contributed by atoms with Crippen LogP contribution in [0.15, 0.2) is 60.9 Å². The number of ether oxygens (including phenoxy) is 1. The van der Waals surface area contributed by atoms with Crippen LogP contribution in [-0.4, -0.2) is 53.6 Å².